The number of likely N-dealkylation sites (tertiary alicyclic amines) is 1. The van der Waals surface area contributed by atoms with E-state index in [0.717, 1.165) is 11.0 Å². The van der Waals surface area contributed by atoms with Crippen molar-refractivity contribution in [3.8, 4) is 0 Å². The Kier molecular flexibility index (Phi) is 3.05. The molecule has 0 unspecified atom stereocenters. The van der Waals surface area contributed by atoms with Gasteiger partial charge in [0.25, 0.3) is 5.91 Å². The van der Waals surface area contributed by atoms with Crippen molar-refractivity contribution in [2.24, 2.45) is 18.7 Å². The second-order valence-electron chi connectivity index (χ2n) is 6.44. The van der Waals surface area contributed by atoms with Crippen molar-refractivity contribution in [2.45, 2.75) is 11.3 Å². The summed E-state index contributed by atoms with van der Waals surface area (Å²) >= 11 is 0. The van der Waals surface area contributed by atoms with Crippen molar-refractivity contribution in [3.05, 3.63) is 30.1 Å². The summed E-state index contributed by atoms with van der Waals surface area (Å²) in [6.07, 6.45) is 1.89. The SMILES string of the molecule is Cn1ccc2ccc(C(=O)N3C[C@H]4[C@H](N)CS(=O)(=O)[C@H]4C3)nc21. The van der Waals surface area contributed by atoms with Gasteiger partial charge >= 0.3 is 0 Å². The minimum absolute atomic E-state index is 0.0257. The molecule has 2 saturated heterocycles. The molecule has 0 saturated carbocycles. The van der Waals surface area contributed by atoms with Gasteiger partial charge in [-0.25, -0.2) is 13.4 Å². The largest absolute Gasteiger partial charge is 0.336 e. The molecule has 7 nitrogen and oxygen atoms in total. The lowest BCUT2D eigenvalue weighted by Gasteiger charge is -2.18. The maximum absolute atomic E-state index is 12.7. The van der Waals surface area contributed by atoms with Crippen molar-refractivity contribution in [1.29, 1.82) is 0 Å². The predicted octanol–water partition coefficient (Wildman–Crippen LogP) is -0.230. The van der Waals surface area contributed by atoms with Gasteiger partial charge in [-0.05, 0) is 18.2 Å². The molecule has 0 aromatic carbocycles. The molecule has 2 N–H and O–H groups in total. The predicted molar refractivity (Wildman–Crippen MR) is 85.7 cm³/mol. The maximum Gasteiger partial charge on any atom is 0.272 e. The van der Waals surface area contributed by atoms with Crippen LogP contribution in [0.4, 0.5) is 0 Å². The lowest BCUT2D eigenvalue weighted by molar-refractivity contribution is 0.0780. The van der Waals surface area contributed by atoms with Crippen LogP contribution in [-0.4, -0.2) is 58.9 Å². The third-order valence-electron chi connectivity index (χ3n) is 4.97. The number of fused-ring (bicyclic) bond motifs is 2. The van der Waals surface area contributed by atoms with Crippen molar-refractivity contribution in [3.63, 3.8) is 0 Å². The Labute approximate surface area is 134 Å². The number of nitrogens with zero attached hydrogens (tertiary/aromatic N) is 3. The van der Waals surface area contributed by atoms with Gasteiger partial charge in [-0.15, -0.1) is 0 Å². The zero-order valence-corrected chi connectivity index (χ0v) is 13.5. The van der Waals surface area contributed by atoms with E-state index in [4.69, 9.17) is 5.73 Å². The van der Waals surface area contributed by atoms with Crippen LogP contribution in [-0.2, 0) is 16.9 Å². The first kappa shape index (κ1) is 14.6. The second kappa shape index (κ2) is 4.78. The summed E-state index contributed by atoms with van der Waals surface area (Å²) in [7, 11) is -1.33. The lowest BCUT2D eigenvalue weighted by Crippen LogP contribution is -2.36. The van der Waals surface area contributed by atoms with E-state index in [0.29, 0.717) is 12.2 Å². The molecule has 4 heterocycles. The van der Waals surface area contributed by atoms with E-state index >= 15 is 0 Å². The number of carbonyl (C=O) groups is 1. The highest BCUT2D eigenvalue weighted by molar-refractivity contribution is 7.92. The van der Waals surface area contributed by atoms with Crippen molar-refractivity contribution < 1.29 is 13.2 Å². The van der Waals surface area contributed by atoms with Gasteiger partial charge in [0.2, 0.25) is 0 Å². The summed E-state index contributed by atoms with van der Waals surface area (Å²) in [4.78, 5) is 18.7. The minimum Gasteiger partial charge on any atom is -0.336 e. The standard InChI is InChI=1S/C15H18N4O3S/c1-18-5-4-9-2-3-12(17-14(9)18)15(20)19-6-10-11(16)8-23(21,22)13(10)7-19/h2-5,10-11,13H,6-8,16H2,1H3/t10-,11+,13-/m0/s1. The summed E-state index contributed by atoms with van der Waals surface area (Å²) in [5, 5.41) is 0.437. The highest BCUT2D eigenvalue weighted by atomic mass is 32.2. The molecule has 122 valence electrons. The smallest absolute Gasteiger partial charge is 0.272 e. The molecule has 0 aliphatic carbocycles. The molecule has 0 bridgehead atoms. The average molecular weight is 334 g/mol. The monoisotopic (exact) mass is 334 g/mol. The van der Waals surface area contributed by atoms with E-state index < -0.39 is 15.1 Å². The molecule has 3 atom stereocenters. The third kappa shape index (κ3) is 2.16. The van der Waals surface area contributed by atoms with Crippen molar-refractivity contribution >= 4 is 26.8 Å². The molecule has 4 rings (SSSR count). The molecular weight excluding hydrogens is 316 g/mol. The van der Waals surface area contributed by atoms with Gasteiger partial charge in [-0.3, -0.25) is 4.79 Å². The van der Waals surface area contributed by atoms with Crippen LogP contribution in [0.25, 0.3) is 11.0 Å². The molecule has 8 heteroatoms. The van der Waals surface area contributed by atoms with E-state index in [1.165, 1.54) is 0 Å². The van der Waals surface area contributed by atoms with Gasteiger partial charge in [-0.1, -0.05) is 0 Å². The zero-order chi connectivity index (χ0) is 16.4. The topological polar surface area (TPSA) is 98.3 Å². The fraction of sp³-hybridized carbons (Fsp3) is 0.467. The molecule has 1 amide bonds. The molecule has 2 aromatic rings. The van der Waals surface area contributed by atoms with Crippen LogP contribution in [0, 0.1) is 5.92 Å². The van der Waals surface area contributed by atoms with E-state index in [1.54, 1.807) is 11.0 Å². The summed E-state index contributed by atoms with van der Waals surface area (Å²) in [6, 6.07) is 5.09. The zero-order valence-electron chi connectivity index (χ0n) is 12.7. The summed E-state index contributed by atoms with van der Waals surface area (Å²) in [5.41, 5.74) is 7.01. The maximum atomic E-state index is 12.7. The molecule has 2 aliphatic heterocycles. The van der Waals surface area contributed by atoms with Crippen LogP contribution in [0.1, 0.15) is 10.5 Å². The number of pyridine rings is 1. The number of aromatic nitrogens is 2. The van der Waals surface area contributed by atoms with Gasteiger partial charge in [0.15, 0.2) is 9.84 Å². The van der Waals surface area contributed by atoms with Crippen molar-refractivity contribution in [2.75, 3.05) is 18.8 Å². The Morgan fingerprint density at radius 2 is 2.09 bits per heavy atom. The first-order valence-electron chi connectivity index (χ1n) is 7.55. The van der Waals surface area contributed by atoms with Gasteiger partial charge in [0.05, 0.1) is 11.0 Å². The molecule has 2 aliphatic rings. The molecule has 2 aromatic heterocycles. The average Bonchev–Trinajstić information content (AvgIpc) is 3.15. The van der Waals surface area contributed by atoms with E-state index in [2.05, 4.69) is 4.98 Å². The van der Waals surface area contributed by atoms with Crippen LogP contribution >= 0.6 is 0 Å². The van der Waals surface area contributed by atoms with Gasteiger partial charge in [0, 0.05) is 43.7 Å². The quantitative estimate of drug-likeness (QED) is 0.777. The number of hydrogen-bond donors (Lipinski definition) is 1. The lowest BCUT2D eigenvalue weighted by atomic mass is 10.0. The Bertz CT molecular complexity index is 905. The fourth-order valence-electron chi connectivity index (χ4n) is 3.69. The summed E-state index contributed by atoms with van der Waals surface area (Å²) in [6.45, 7) is 0.600. The van der Waals surface area contributed by atoms with E-state index in [-0.39, 0.29) is 30.2 Å². The van der Waals surface area contributed by atoms with E-state index in [9.17, 15) is 13.2 Å². The Morgan fingerprint density at radius 3 is 2.83 bits per heavy atom. The van der Waals surface area contributed by atoms with Gasteiger partial charge < -0.3 is 15.2 Å². The fourth-order valence-corrected chi connectivity index (χ4v) is 5.95. The second-order valence-corrected chi connectivity index (χ2v) is 8.71. The van der Waals surface area contributed by atoms with Gasteiger partial charge in [0.1, 0.15) is 11.3 Å². The first-order chi connectivity index (χ1) is 10.9. The van der Waals surface area contributed by atoms with Crippen LogP contribution in [0.15, 0.2) is 24.4 Å². The molecule has 0 radical (unpaired) electrons. The van der Waals surface area contributed by atoms with Crippen LogP contribution < -0.4 is 5.73 Å². The Hall–Kier alpha value is -1.93. The number of hydrogen-bond acceptors (Lipinski definition) is 5. The summed E-state index contributed by atoms with van der Waals surface area (Å²) in [5.74, 6) is -0.370. The van der Waals surface area contributed by atoms with Crippen LogP contribution in [0.5, 0.6) is 0 Å². The number of sulfone groups is 1. The molecular formula is C15H18N4O3S. The van der Waals surface area contributed by atoms with Gasteiger partial charge in [-0.2, -0.15) is 0 Å². The third-order valence-corrected chi connectivity index (χ3v) is 7.24. The number of carbonyl (C=O) groups excluding carboxylic acids is 1. The molecule has 0 spiro atoms. The molecule has 2 fully saturated rings. The van der Waals surface area contributed by atoms with Crippen LogP contribution in [0.3, 0.4) is 0 Å². The number of rotatable bonds is 1. The number of nitrogens with two attached hydrogens (primary N) is 1. The summed E-state index contributed by atoms with van der Waals surface area (Å²) < 4.78 is 26.1. The first-order valence-corrected chi connectivity index (χ1v) is 9.27. The van der Waals surface area contributed by atoms with Crippen LogP contribution in [0.2, 0.25) is 0 Å². The normalized spacial score (nSPS) is 29.1. The van der Waals surface area contributed by atoms with E-state index in [1.807, 2.05) is 29.9 Å². The van der Waals surface area contributed by atoms with Crippen molar-refractivity contribution in [1.82, 2.24) is 14.5 Å². The molecule has 23 heavy (non-hydrogen) atoms. The highest BCUT2D eigenvalue weighted by Gasteiger charge is 2.51. The Balaban J connectivity index is 1.63. The number of aryl methyl sites for hydroxylation is 1. The number of amides is 1. The highest BCUT2D eigenvalue weighted by Crippen LogP contribution is 2.33. The minimum atomic E-state index is -3.20. The Morgan fingerprint density at radius 1 is 1.30 bits per heavy atom.